The highest BCUT2D eigenvalue weighted by molar-refractivity contribution is 5.86. The summed E-state index contributed by atoms with van der Waals surface area (Å²) in [6, 6.07) is 15.4. The fraction of sp³-hybridized carbons (Fsp3) is 0.333. The summed E-state index contributed by atoms with van der Waals surface area (Å²) in [4.78, 5) is 2.29. The number of nitrogens with zero attached hydrogens (tertiary/aromatic N) is 1. The van der Waals surface area contributed by atoms with Crippen molar-refractivity contribution in [2.24, 2.45) is 5.73 Å². The molecule has 17 heavy (non-hydrogen) atoms. The maximum atomic E-state index is 5.62. The fourth-order valence-corrected chi connectivity index (χ4v) is 2.25. The van der Waals surface area contributed by atoms with Gasteiger partial charge in [-0.05, 0) is 30.3 Å². The molecular weight excluding hydrogens is 208 g/mol. The average Bonchev–Trinajstić information content (AvgIpc) is 2.37. The van der Waals surface area contributed by atoms with Crippen LogP contribution in [0.25, 0.3) is 10.8 Å². The number of hydrogen-bond donors (Lipinski definition) is 1. The molecule has 0 fully saturated rings. The monoisotopic (exact) mass is 228 g/mol. The Hall–Kier alpha value is -1.38. The number of benzene rings is 2. The van der Waals surface area contributed by atoms with Crippen LogP contribution in [0.3, 0.4) is 0 Å². The van der Waals surface area contributed by atoms with Gasteiger partial charge in [-0.3, -0.25) is 4.90 Å². The Labute approximate surface area is 103 Å². The number of hydrogen-bond acceptors (Lipinski definition) is 2. The van der Waals surface area contributed by atoms with E-state index < -0.39 is 0 Å². The largest absolute Gasteiger partial charge is 0.329 e. The first-order valence-electron chi connectivity index (χ1n) is 6.12. The van der Waals surface area contributed by atoms with Crippen molar-refractivity contribution in [1.82, 2.24) is 4.90 Å². The Balaban J connectivity index is 2.41. The van der Waals surface area contributed by atoms with E-state index >= 15 is 0 Å². The van der Waals surface area contributed by atoms with Crippen molar-refractivity contribution < 1.29 is 0 Å². The van der Waals surface area contributed by atoms with Crippen molar-refractivity contribution in [3.8, 4) is 0 Å². The van der Waals surface area contributed by atoms with E-state index in [2.05, 4.69) is 61.3 Å². The van der Waals surface area contributed by atoms with Crippen LogP contribution in [0.15, 0.2) is 42.5 Å². The van der Waals surface area contributed by atoms with Gasteiger partial charge in [0.1, 0.15) is 0 Å². The summed E-state index contributed by atoms with van der Waals surface area (Å²) in [5.41, 5.74) is 6.99. The van der Waals surface area contributed by atoms with E-state index in [1.807, 2.05) is 0 Å². The van der Waals surface area contributed by atoms with Crippen LogP contribution < -0.4 is 5.73 Å². The van der Waals surface area contributed by atoms with Crippen LogP contribution in [0.2, 0.25) is 0 Å². The molecule has 0 radical (unpaired) electrons. The van der Waals surface area contributed by atoms with Crippen LogP contribution in [0.5, 0.6) is 0 Å². The number of fused-ring (bicyclic) bond motifs is 1. The lowest BCUT2D eigenvalue weighted by Crippen LogP contribution is -2.28. The predicted molar refractivity (Wildman–Crippen MR) is 74.0 cm³/mol. The minimum Gasteiger partial charge on any atom is -0.329 e. The first kappa shape index (κ1) is 12.1. The van der Waals surface area contributed by atoms with Crippen LogP contribution >= 0.6 is 0 Å². The molecule has 0 aliphatic rings. The van der Waals surface area contributed by atoms with Crippen molar-refractivity contribution >= 4 is 10.8 Å². The lowest BCUT2D eigenvalue weighted by molar-refractivity contribution is 0.270. The Morgan fingerprint density at radius 2 is 1.82 bits per heavy atom. The number of likely N-dealkylation sites (N-methyl/N-ethyl adjacent to an activating group) is 1. The van der Waals surface area contributed by atoms with Gasteiger partial charge in [0, 0.05) is 19.1 Å². The van der Waals surface area contributed by atoms with Gasteiger partial charge in [-0.2, -0.15) is 0 Å². The van der Waals surface area contributed by atoms with Gasteiger partial charge in [0.25, 0.3) is 0 Å². The zero-order valence-electron chi connectivity index (χ0n) is 10.6. The molecule has 2 rings (SSSR count). The highest BCUT2D eigenvalue weighted by Gasteiger charge is 2.12. The molecule has 0 bridgehead atoms. The molecular formula is C15H20N2. The Kier molecular flexibility index (Phi) is 3.77. The minimum atomic E-state index is 0.393. The Morgan fingerprint density at radius 1 is 1.12 bits per heavy atom. The molecule has 2 heteroatoms. The summed E-state index contributed by atoms with van der Waals surface area (Å²) < 4.78 is 0. The molecule has 0 amide bonds. The predicted octanol–water partition coefficient (Wildman–Crippen LogP) is 2.79. The summed E-state index contributed by atoms with van der Waals surface area (Å²) >= 11 is 0. The zero-order valence-corrected chi connectivity index (χ0v) is 10.6. The maximum Gasteiger partial charge on any atom is 0.0323 e. The van der Waals surface area contributed by atoms with Gasteiger partial charge >= 0.3 is 0 Å². The van der Waals surface area contributed by atoms with Gasteiger partial charge in [0.2, 0.25) is 0 Å². The van der Waals surface area contributed by atoms with E-state index in [0.29, 0.717) is 12.6 Å². The van der Waals surface area contributed by atoms with Crippen molar-refractivity contribution in [3.05, 3.63) is 48.0 Å². The van der Waals surface area contributed by atoms with E-state index in [4.69, 9.17) is 5.73 Å². The van der Waals surface area contributed by atoms with Crippen molar-refractivity contribution in [3.63, 3.8) is 0 Å². The van der Waals surface area contributed by atoms with Crippen molar-refractivity contribution in [2.45, 2.75) is 13.0 Å². The smallest absolute Gasteiger partial charge is 0.0323 e. The molecule has 0 aromatic heterocycles. The molecule has 2 nitrogen and oxygen atoms in total. The van der Waals surface area contributed by atoms with Crippen molar-refractivity contribution in [1.29, 1.82) is 0 Å². The van der Waals surface area contributed by atoms with E-state index in [1.54, 1.807) is 0 Å². The average molecular weight is 228 g/mol. The molecule has 0 aliphatic heterocycles. The third kappa shape index (κ3) is 2.48. The molecule has 0 saturated carbocycles. The standard InChI is InChI=1S/C15H20N2/c1-12(17(2)11-10-16)14-9-5-7-13-6-3-4-8-15(13)14/h3-9,12H,10-11,16H2,1-2H3. The molecule has 1 unspecified atom stereocenters. The lowest BCUT2D eigenvalue weighted by Gasteiger charge is -2.25. The van der Waals surface area contributed by atoms with Gasteiger partial charge in [0.15, 0.2) is 0 Å². The highest BCUT2D eigenvalue weighted by Crippen LogP contribution is 2.26. The quantitative estimate of drug-likeness (QED) is 0.872. The topological polar surface area (TPSA) is 29.3 Å². The number of nitrogens with two attached hydrogens (primary N) is 1. The first-order valence-corrected chi connectivity index (χ1v) is 6.12. The molecule has 90 valence electrons. The van der Waals surface area contributed by atoms with Crippen LogP contribution in [0, 0.1) is 0 Å². The number of rotatable bonds is 4. The Morgan fingerprint density at radius 3 is 2.59 bits per heavy atom. The summed E-state index contributed by atoms with van der Waals surface area (Å²) in [7, 11) is 2.12. The summed E-state index contributed by atoms with van der Waals surface area (Å²) in [5, 5.41) is 2.64. The van der Waals surface area contributed by atoms with Crippen molar-refractivity contribution in [2.75, 3.05) is 20.1 Å². The molecule has 0 heterocycles. The third-order valence-electron chi connectivity index (χ3n) is 3.42. The van der Waals surface area contributed by atoms with E-state index in [9.17, 15) is 0 Å². The second kappa shape index (κ2) is 5.30. The highest BCUT2D eigenvalue weighted by atomic mass is 15.1. The molecule has 1 atom stereocenters. The SMILES string of the molecule is CC(c1cccc2ccccc12)N(C)CCN. The molecule has 0 spiro atoms. The molecule has 2 aromatic carbocycles. The van der Waals surface area contributed by atoms with Gasteiger partial charge in [0.05, 0.1) is 0 Å². The molecule has 2 aromatic rings. The third-order valence-corrected chi connectivity index (χ3v) is 3.42. The first-order chi connectivity index (χ1) is 8.24. The normalized spacial score (nSPS) is 13.2. The summed E-state index contributed by atoms with van der Waals surface area (Å²) in [6.07, 6.45) is 0. The Bertz CT molecular complexity index is 488. The van der Waals surface area contributed by atoms with Crippen LogP contribution in [-0.2, 0) is 0 Å². The van der Waals surface area contributed by atoms with Crippen LogP contribution in [0.1, 0.15) is 18.5 Å². The zero-order chi connectivity index (χ0) is 12.3. The second-order valence-corrected chi connectivity index (χ2v) is 4.51. The maximum absolute atomic E-state index is 5.62. The lowest BCUT2D eigenvalue weighted by atomic mass is 9.99. The molecule has 0 saturated heterocycles. The van der Waals surface area contributed by atoms with Gasteiger partial charge in [-0.25, -0.2) is 0 Å². The summed E-state index contributed by atoms with van der Waals surface area (Å²) in [6.45, 7) is 3.85. The van der Waals surface area contributed by atoms with E-state index in [0.717, 1.165) is 6.54 Å². The van der Waals surface area contributed by atoms with Gasteiger partial charge in [-0.15, -0.1) is 0 Å². The van der Waals surface area contributed by atoms with Gasteiger partial charge in [-0.1, -0.05) is 42.5 Å². The van der Waals surface area contributed by atoms with E-state index in [-0.39, 0.29) is 0 Å². The fourth-order valence-electron chi connectivity index (χ4n) is 2.25. The van der Waals surface area contributed by atoms with Gasteiger partial charge < -0.3 is 5.73 Å². The van der Waals surface area contributed by atoms with E-state index in [1.165, 1.54) is 16.3 Å². The second-order valence-electron chi connectivity index (χ2n) is 4.51. The molecule has 0 aliphatic carbocycles. The minimum absolute atomic E-state index is 0.393. The summed E-state index contributed by atoms with van der Waals surface area (Å²) in [5.74, 6) is 0. The van der Waals surface area contributed by atoms with Crippen LogP contribution in [0.4, 0.5) is 0 Å². The molecule has 2 N–H and O–H groups in total. The van der Waals surface area contributed by atoms with Crippen LogP contribution in [-0.4, -0.2) is 25.0 Å².